The second kappa shape index (κ2) is 9.43. The van der Waals surface area contributed by atoms with Gasteiger partial charge in [-0.2, -0.15) is 18.3 Å². The first-order valence-electron chi connectivity index (χ1n) is 10.2. The molecule has 1 unspecified atom stereocenters. The topological polar surface area (TPSA) is 62.2 Å². The van der Waals surface area contributed by atoms with E-state index in [1.807, 2.05) is 0 Å². The number of carbonyl (C=O) groups is 2. The van der Waals surface area contributed by atoms with E-state index >= 15 is 0 Å². The zero-order valence-electron chi connectivity index (χ0n) is 18.3. The summed E-state index contributed by atoms with van der Waals surface area (Å²) in [5, 5.41) is 6.51. The smallest absolute Gasteiger partial charge is 0.416 e. The number of alkyl halides is 3. The van der Waals surface area contributed by atoms with Crippen LogP contribution in [-0.2, 0) is 20.5 Å². The van der Waals surface area contributed by atoms with E-state index in [-0.39, 0.29) is 19.7 Å². The number of carbonyl (C=O) groups excluding carboxylic acids is 2. The van der Waals surface area contributed by atoms with Crippen molar-refractivity contribution in [3.63, 3.8) is 0 Å². The van der Waals surface area contributed by atoms with Crippen LogP contribution in [0, 0.1) is 5.41 Å². The van der Waals surface area contributed by atoms with E-state index in [0.29, 0.717) is 22.0 Å². The van der Waals surface area contributed by atoms with Gasteiger partial charge in [-0.15, -0.1) is 0 Å². The van der Waals surface area contributed by atoms with E-state index in [2.05, 4.69) is 5.10 Å². The van der Waals surface area contributed by atoms with Gasteiger partial charge < -0.3 is 9.64 Å². The number of likely N-dealkylation sites (N-methyl/N-ethyl adjacent to an activating group) is 1. The molecule has 0 saturated carbocycles. The molecule has 10 heteroatoms. The van der Waals surface area contributed by atoms with Gasteiger partial charge in [-0.3, -0.25) is 14.6 Å². The number of amides is 1. The maximum absolute atomic E-state index is 12.8. The van der Waals surface area contributed by atoms with Gasteiger partial charge in [0, 0.05) is 17.8 Å². The van der Waals surface area contributed by atoms with E-state index in [4.69, 9.17) is 16.3 Å². The molecule has 1 aliphatic rings. The van der Waals surface area contributed by atoms with E-state index < -0.39 is 29.0 Å². The Morgan fingerprint density at radius 2 is 1.76 bits per heavy atom. The number of rotatable bonds is 6. The number of anilines is 1. The van der Waals surface area contributed by atoms with Gasteiger partial charge in [0.25, 0.3) is 0 Å². The van der Waals surface area contributed by atoms with Crippen molar-refractivity contribution in [2.75, 3.05) is 31.6 Å². The SMILES string of the molecule is CCOC(=O)C1(C)CN(CC(=O)N(C)c2ccc(C(F)(F)F)cc2)N=C1c1ccc(Cl)cc1. The predicted octanol–water partition coefficient (Wildman–Crippen LogP) is 4.61. The molecular formula is C23H23ClF3N3O3. The lowest BCUT2D eigenvalue weighted by Gasteiger charge is -2.25. The zero-order valence-corrected chi connectivity index (χ0v) is 19.1. The Hall–Kier alpha value is -3.07. The summed E-state index contributed by atoms with van der Waals surface area (Å²) in [6.07, 6.45) is -4.46. The molecule has 0 radical (unpaired) electrons. The number of ether oxygens (including phenoxy) is 1. The lowest BCUT2D eigenvalue weighted by Crippen LogP contribution is -2.42. The zero-order chi connectivity index (χ0) is 24.4. The molecule has 0 aliphatic carbocycles. The maximum atomic E-state index is 12.8. The molecular weight excluding hydrogens is 459 g/mol. The second-order valence-corrected chi connectivity index (χ2v) is 8.26. The minimum atomic E-state index is -4.46. The Kier molecular flexibility index (Phi) is 7.02. The van der Waals surface area contributed by atoms with Crippen molar-refractivity contribution in [3.05, 3.63) is 64.7 Å². The largest absolute Gasteiger partial charge is 0.465 e. The van der Waals surface area contributed by atoms with Gasteiger partial charge in [-0.1, -0.05) is 23.7 Å². The fourth-order valence-corrected chi connectivity index (χ4v) is 3.66. The van der Waals surface area contributed by atoms with Gasteiger partial charge in [0.2, 0.25) is 5.91 Å². The summed E-state index contributed by atoms with van der Waals surface area (Å²) in [6, 6.07) is 11.1. The number of hydrogen-bond acceptors (Lipinski definition) is 5. The molecule has 3 rings (SSSR count). The van der Waals surface area contributed by atoms with Crippen LogP contribution in [0.25, 0.3) is 0 Å². The molecule has 2 aromatic carbocycles. The number of esters is 1. The standard InChI is InChI=1S/C23H23ClF3N3O3/c1-4-33-21(32)22(2)14-30(28-20(22)15-5-9-17(24)10-6-15)13-19(31)29(3)18-11-7-16(8-12-18)23(25,26)27/h5-12H,4,13-14H2,1-3H3. The van der Waals surface area contributed by atoms with Crippen LogP contribution in [-0.4, -0.2) is 49.3 Å². The monoisotopic (exact) mass is 481 g/mol. The summed E-state index contributed by atoms with van der Waals surface area (Å²) in [6.45, 7) is 3.52. The fourth-order valence-electron chi connectivity index (χ4n) is 3.53. The van der Waals surface area contributed by atoms with Gasteiger partial charge in [0.15, 0.2) is 0 Å². The number of hydrazone groups is 1. The number of halogens is 4. The maximum Gasteiger partial charge on any atom is 0.416 e. The summed E-state index contributed by atoms with van der Waals surface area (Å²) in [5.74, 6) is -0.869. The first-order chi connectivity index (χ1) is 15.5. The van der Waals surface area contributed by atoms with Gasteiger partial charge >= 0.3 is 12.1 Å². The molecule has 0 fully saturated rings. The van der Waals surface area contributed by atoms with E-state index in [0.717, 1.165) is 12.1 Å². The number of nitrogens with zero attached hydrogens (tertiary/aromatic N) is 3. The Morgan fingerprint density at radius 1 is 1.15 bits per heavy atom. The molecule has 1 atom stereocenters. The Bertz CT molecular complexity index is 1060. The van der Waals surface area contributed by atoms with Gasteiger partial charge in [0.05, 0.1) is 24.4 Å². The van der Waals surface area contributed by atoms with Crippen LogP contribution >= 0.6 is 11.6 Å². The third-order valence-electron chi connectivity index (χ3n) is 5.38. The minimum Gasteiger partial charge on any atom is -0.465 e. The lowest BCUT2D eigenvalue weighted by atomic mass is 9.82. The van der Waals surface area contributed by atoms with Gasteiger partial charge in [-0.05, 0) is 55.8 Å². The van der Waals surface area contributed by atoms with Crippen molar-refractivity contribution >= 4 is 34.9 Å². The summed E-state index contributed by atoms with van der Waals surface area (Å²) in [4.78, 5) is 26.9. The molecule has 1 amide bonds. The fraction of sp³-hybridized carbons (Fsp3) is 0.348. The third kappa shape index (κ3) is 5.30. The molecule has 0 saturated heterocycles. The van der Waals surface area contributed by atoms with Gasteiger partial charge in [0.1, 0.15) is 12.0 Å². The Labute approximate surface area is 194 Å². The van der Waals surface area contributed by atoms with Crippen molar-refractivity contribution in [3.8, 4) is 0 Å². The molecule has 6 nitrogen and oxygen atoms in total. The van der Waals surface area contributed by atoms with Crippen molar-refractivity contribution in [1.82, 2.24) is 5.01 Å². The van der Waals surface area contributed by atoms with Crippen molar-refractivity contribution in [1.29, 1.82) is 0 Å². The highest BCUT2D eigenvalue weighted by molar-refractivity contribution is 6.30. The average molecular weight is 482 g/mol. The molecule has 0 aromatic heterocycles. The second-order valence-electron chi connectivity index (χ2n) is 7.83. The van der Waals surface area contributed by atoms with Crippen LogP contribution in [0.1, 0.15) is 25.0 Å². The van der Waals surface area contributed by atoms with Crippen molar-refractivity contribution < 1.29 is 27.5 Å². The van der Waals surface area contributed by atoms with Crippen molar-refractivity contribution in [2.45, 2.75) is 20.0 Å². The van der Waals surface area contributed by atoms with Crippen molar-refractivity contribution in [2.24, 2.45) is 10.5 Å². The van der Waals surface area contributed by atoms with Crippen LogP contribution in [0.2, 0.25) is 5.02 Å². The highest BCUT2D eigenvalue weighted by atomic mass is 35.5. The Morgan fingerprint density at radius 3 is 2.30 bits per heavy atom. The average Bonchev–Trinajstić information content (AvgIpc) is 3.10. The molecule has 2 aromatic rings. The van der Waals surface area contributed by atoms with Crippen LogP contribution in [0.5, 0.6) is 0 Å². The molecule has 176 valence electrons. The quantitative estimate of drug-likeness (QED) is 0.565. The normalized spacial score (nSPS) is 18.2. The molecule has 0 N–H and O–H groups in total. The number of benzene rings is 2. The van der Waals surface area contributed by atoms with E-state index in [9.17, 15) is 22.8 Å². The van der Waals surface area contributed by atoms with Crippen LogP contribution < -0.4 is 4.90 Å². The highest BCUT2D eigenvalue weighted by Gasteiger charge is 2.47. The van der Waals surface area contributed by atoms with Crippen LogP contribution in [0.4, 0.5) is 18.9 Å². The Balaban J connectivity index is 1.81. The summed E-state index contributed by atoms with van der Waals surface area (Å²) in [7, 11) is 1.47. The summed E-state index contributed by atoms with van der Waals surface area (Å²) in [5.41, 5.74) is -0.489. The molecule has 33 heavy (non-hydrogen) atoms. The lowest BCUT2D eigenvalue weighted by molar-refractivity contribution is -0.150. The molecule has 0 spiro atoms. The first-order valence-corrected chi connectivity index (χ1v) is 10.5. The molecule has 1 aliphatic heterocycles. The first kappa shape index (κ1) is 24.6. The highest BCUT2D eigenvalue weighted by Crippen LogP contribution is 2.34. The van der Waals surface area contributed by atoms with E-state index in [1.54, 1.807) is 38.1 Å². The number of hydrogen-bond donors (Lipinski definition) is 0. The third-order valence-corrected chi connectivity index (χ3v) is 5.63. The summed E-state index contributed by atoms with van der Waals surface area (Å²) >= 11 is 5.97. The van der Waals surface area contributed by atoms with E-state index in [1.165, 1.54) is 29.1 Å². The van der Waals surface area contributed by atoms with Crippen LogP contribution in [0.15, 0.2) is 53.6 Å². The minimum absolute atomic E-state index is 0.108. The predicted molar refractivity (Wildman–Crippen MR) is 119 cm³/mol. The van der Waals surface area contributed by atoms with Gasteiger partial charge in [-0.25, -0.2) is 0 Å². The van der Waals surface area contributed by atoms with Crippen LogP contribution in [0.3, 0.4) is 0 Å². The summed E-state index contributed by atoms with van der Waals surface area (Å²) < 4.78 is 43.6. The molecule has 1 heterocycles. The molecule has 0 bridgehead atoms.